The first-order chi connectivity index (χ1) is 7.95. The summed E-state index contributed by atoms with van der Waals surface area (Å²) in [5.74, 6) is -0.180. The molecule has 5 heteroatoms. The van der Waals surface area contributed by atoms with Gasteiger partial charge in [0.05, 0.1) is 23.9 Å². The summed E-state index contributed by atoms with van der Waals surface area (Å²) in [5.41, 5.74) is 1.05. The van der Waals surface area contributed by atoms with E-state index in [0.717, 1.165) is 10.7 Å². The Balaban J connectivity index is 2.66. The van der Waals surface area contributed by atoms with Crippen LogP contribution in [0.15, 0.2) is 0 Å². The number of hydrogen-bond acceptors (Lipinski definition) is 5. The number of carbonyl (C=O) groups is 1. The first-order valence-electron chi connectivity index (χ1n) is 5.75. The van der Waals surface area contributed by atoms with Gasteiger partial charge in [0, 0.05) is 10.9 Å². The Kier molecular flexibility index (Phi) is 5.08. The van der Waals surface area contributed by atoms with Gasteiger partial charge < -0.3 is 4.74 Å². The van der Waals surface area contributed by atoms with Crippen molar-refractivity contribution in [2.24, 2.45) is 0 Å². The molecule has 17 heavy (non-hydrogen) atoms. The third kappa shape index (κ3) is 3.78. The van der Waals surface area contributed by atoms with Gasteiger partial charge in [-0.1, -0.05) is 0 Å². The molecule has 1 aromatic rings. The van der Waals surface area contributed by atoms with Crippen molar-refractivity contribution >= 4 is 17.3 Å². The highest BCUT2D eigenvalue weighted by Gasteiger charge is 2.19. The van der Waals surface area contributed by atoms with E-state index >= 15 is 0 Å². The molecule has 0 saturated heterocycles. The number of thiazole rings is 1. The van der Waals surface area contributed by atoms with E-state index in [1.807, 2.05) is 32.7 Å². The van der Waals surface area contributed by atoms with Crippen LogP contribution in [0.25, 0.3) is 0 Å². The molecule has 0 saturated carbocycles. The molecule has 0 bridgehead atoms. The Bertz CT molecular complexity index is 390. The maximum atomic E-state index is 11.4. The number of aromatic nitrogens is 1. The first-order valence-corrected chi connectivity index (χ1v) is 6.57. The van der Waals surface area contributed by atoms with E-state index in [4.69, 9.17) is 4.74 Å². The van der Waals surface area contributed by atoms with E-state index in [1.165, 1.54) is 4.88 Å². The highest BCUT2D eigenvalue weighted by molar-refractivity contribution is 7.11. The molecule has 0 spiro atoms. The summed E-state index contributed by atoms with van der Waals surface area (Å²) in [4.78, 5) is 19.0. The SMILES string of the molecule is CCOC(=O)CN(C)C(C)c1sc(C)nc1C. The van der Waals surface area contributed by atoms with Crippen molar-refractivity contribution in [2.45, 2.75) is 33.7 Å². The lowest BCUT2D eigenvalue weighted by Gasteiger charge is -2.22. The van der Waals surface area contributed by atoms with Crippen LogP contribution in [-0.4, -0.2) is 36.1 Å². The topological polar surface area (TPSA) is 42.4 Å². The van der Waals surface area contributed by atoms with Gasteiger partial charge in [-0.3, -0.25) is 9.69 Å². The minimum atomic E-state index is -0.180. The summed E-state index contributed by atoms with van der Waals surface area (Å²) in [5, 5.41) is 1.06. The maximum absolute atomic E-state index is 11.4. The molecule has 0 aromatic carbocycles. The van der Waals surface area contributed by atoms with Gasteiger partial charge in [0.15, 0.2) is 0 Å². The van der Waals surface area contributed by atoms with Crippen molar-refractivity contribution in [3.8, 4) is 0 Å². The molecular formula is C12H20N2O2S. The van der Waals surface area contributed by atoms with E-state index in [1.54, 1.807) is 11.3 Å². The van der Waals surface area contributed by atoms with Gasteiger partial charge in [-0.15, -0.1) is 11.3 Å². The Morgan fingerprint density at radius 3 is 2.65 bits per heavy atom. The molecule has 0 aliphatic heterocycles. The molecule has 4 nitrogen and oxygen atoms in total. The van der Waals surface area contributed by atoms with Crippen LogP contribution in [0.2, 0.25) is 0 Å². The summed E-state index contributed by atoms with van der Waals surface area (Å²) in [6, 6.07) is 0.186. The van der Waals surface area contributed by atoms with Crippen LogP contribution in [0.3, 0.4) is 0 Å². The number of nitrogens with zero attached hydrogens (tertiary/aromatic N) is 2. The smallest absolute Gasteiger partial charge is 0.320 e. The van der Waals surface area contributed by atoms with Gasteiger partial charge in [-0.25, -0.2) is 4.98 Å². The summed E-state index contributed by atoms with van der Waals surface area (Å²) >= 11 is 1.69. The summed E-state index contributed by atoms with van der Waals surface area (Å²) in [6.07, 6.45) is 0. The largest absolute Gasteiger partial charge is 0.465 e. The first kappa shape index (κ1) is 14.1. The van der Waals surface area contributed by atoms with E-state index in [9.17, 15) is 4.79 Å². The van der Waals surface area contributed by atoms with Crippen LogP contribution in [-0.2, 0) is 9.53 Å². The zero-order valence-electron chi connectivity index (χ0n) is 11.1. The molecule has 1 rings (SSSR count). The predicted molar refractivity (Wildman–Crippen MR) is 69.3 cm³/mol. The number of ether oxygens (including phenoxy) is 1. The molecule has 1 unspecified atom stereocenters. The standard InChI is InChI=1S/C12H20N2O2S/c1-6-16-11(15)7-14(5)9(3)12-8(2)13-10(4)17-12/h9H,6-7H2,1-5H3. The zero-order valence-corrected chi connectivity index (χ0v) is 11.9. The number of aryl methyl sites for hydroxylation is 2. The van der Waals surface area contributed by atoms with Crippen LogP contribution in [0.4, 0.5) is 0 Å². The van der Waals surface area contributed by atoms with Crippen molar-refractivity contribution in [2.75, 3.05) is 20.2 Å². The Morgan fingerprint density at radius 1 is 1.53 bits per heavy atom. The van der Waals surface area contributed by atoms with Crippen LogP contribution < -0.4 is 0 Å². The van der Waals surface area contributed by atoms with Crippen molar-refractivity contribution < 1.29 is 9.53 Å². The monoisotopic (exact) mass is 256 g/mol. The summed E-state index contributed by atoms with van der Waals surface area (Å²) < 4.78 is 4.94. The lowest BCUT2D eigenvalue weighted by atomic mass is 10.2. The second-order valence-corrected chi connectivity index (χ2v) is 5.31. The van der Waals surface area contributed by atoms with Gasteiger partial charge in [-0.2, -0.15) is 0 Å². The number of likely N-dealkylation sites (N-methyl/N-ethyl adjacent to an activating group) is 1. The fraction of sp³-hybridized carbons (Fsp3) is 0.667. The van der Waals surface area contributed by atoms with Gasteiger partial charge in [0.25, 0.3) is 0 Å². The van der Waals surface area contributed by atoms with E-state index < -0.39 is 0 Å². The highest BCUT2D eigenvalue weighted by atomic mass is 32.1. The molecule has 0 N–H and O–H groups in total. The number of hydrogen-bond donors (Lipinski definition) is 0. The Hall–Kier alpha value is -0.940. The van der Waals surface area contributed by atoms with E-state index in [0.29, 0.717) is 13.2 Å². The van der Waals surface area contributed by atoms with Gasteiger partial charge in [0.2, 0.25) is 0 Å². The van der Waals surface area contributed by atoms with Gasteiger partial charge in [-0.05, 0) is 34.7 Å². The third-order valence-corrected chi connectivity index (χ3v) is 3.91. The molecule has 0 amide bonds. The lowest BCUT2D eigenvalue weighted by molar-refractivity contribution is -0.144. The number of esters is 1. The molecule has 0 radical (unpaired) electrons. The molecule has 0 fully saturated rings. The molecule has 1 heterocycles. The molecule has 96 valence electrons. The minimum Gasteiger partial charge on any atom is -0.465 e. The van der Waals surface area contributed by atoms with Crippen LogP contribution in [0, 0.1) is 13.8 Å². The van der Waals surface area contributed by atoms with Gasteiger partial charge in [0.1, 0.15) is 0 Å². The number of rotatable bonds is 5. The molecule has 0 aliphatic carbocycles. The lowest BCUT2D eigenvalue weighted by Crippen LogP contribution is -2.29. The van der Waals surface area contributed by atoms with Gasteiger partial charge >= 0.3 is 5.97 Å². The fourth-order valence-corrected chi connectivity index (χ4v) is 2.73. The van der Waals surface area contributed by atoms with E-state index in [-0.39, 0.29) is 12.0 Å². The molecule has 1 atom stereocenters. The van der Waals surface area contributed by atoms with Crippen LogP contribution in [0.5, 0.6) is 0 Å². The van der Waals surface area contributed by atoms with Crippen molar-refractivity contribution in [1.29, 1.82) is 0 Å². The van der Waals surface area contributed by atoms with Crippen LogP contribution >= 0.6 is 11.3 Å². The molecule has 0 aliphatic rings. The van der Waals surface area contributed by atoms with Crippen molar-refractivity contribution in [3.05, 3.63) is 15.6 Å². The van der Waals surface area contributed by atoms with Crippen molar-refractivity contribution in [1.82, 2.24) is 9.88 Å². The second kappa shape index (κ2) is 6.12. The van der Waals surface area contributed by atoms with Crippen molar-refractivity contribution in [3.63, 3.8) is 0 Å². The van der Waals surface area contributed by atoms with E-state index in [2.05, 4.69) is 11.9 Å². The summed E-state index contributed by atoms with van der Waals surface area (Å²) in [7, 11) is 1.93. The normalized spacial score (nSPS) is 12.8. The minimum absolute atomic E-state index is 0.180. The highest BCUT2D eigenvalue weighted by Crippen LogP contribution is 2.27. The Morgan fingerprint density at radius 2 is 2.18 bits per heavy atom. The molecule has 1 aromatic heterocycles. The zero-order chi connectivity index (χ0) is 13.0. The average molecular weight is 256 g/mol. The predicted octanol–water partition coefficient (Wildman–Crippen LogP) is 2.32. The third-order valence-electron chi connectivity index (χ3n) is 2.66. The fourth-order valence-electron chi connectivity index (χ4n) is 1.68. The maximum Gasteiger partial charge on any atom is 0.320 e. The number of carbonyl (C=O) groups excluding carboxylic acids is 1. The average Bonchev–Trinajstić information content (AvgIpc) is 2.56. The molecular weight excluding hydrogens is 236 g/mol. The Labute approximate surface area is 107 Å². The second-order valence-electron chi connectivity index (χ2n) is 4.08. The quantitative estimate of drug-likeness (QED) is 0.758. The van der Waals surface area contributed by atoms with Crippen LogP contribution in [0.1, 0.15) is 35.5 Å². The summed E-state index contributed by atoms with van der Waals surface area (Å²) in [6.45, 7) is 8.65.